The predicted octanol–water partition coefficient (Wildman–Crippen LogP) is 1.87. The first-order valence-corrected chi connectivity index (χ1v) is 8.01. The van der Waals surface area contributed by atoms with Crippen molar-refractivity contribution in [3.63, 3.8) is 0 Å². The van der Waals surface area contributed by atoms with Gasteiger partial charge in [-0.05, 0) is 17.7 Å². The molecule has 0 aromatic heterocycles. The Morgan fingerprint density at radius 3 is 2.45 bits per heavy atom. The van der Waals surface area contributed by atoms with Crippen molar-refractivity contribution in [3.8, 4) is 0 Å². The smallest absolute Gasteiger partial charge is 0.232 e. The molecule has 0 spiro atoms. The third kappa shape index (κ3) is 4.42. The lowest BCUT2D eigenvalue weighted by Crippen LogP contribution is -2.48. The van der Waals surface area contributed by atoms with Crippen LogP contribution in [0.4, 0.5) is 0 Å². The van der Waals surface area contributed by atoms with E-state index < -0.39 is 0 Å². The topological polar surface area (TPSA) is 40.6 Å². The van der Waals surface area contributed by atoms with Gasteiger partial charge < -0.3 is 9.80 Å². The minimum Gasteiger partial charge on any atom is -0.342 e. The van der Waals surface area contributed by atoms with E-state index in [2.05, 4.69) is 0 Å². The van der Waals surface area contributed by atoms with Gasteiger partial charge in [-0.3, -0.25) is 9.59 Å². The highest BCUT2D eigenvalue weighted by molar-refractivity contribution is 7.99. The lowest BCUT2D eigenvalue weighted by Gasteiger charge is -2.32. The summed E-state index contributed by atoms with van der Waals surface area (Å²) in [7, 11) is 0. The largest absolute Gasteiger partial charge is 0.342 e. The lowest BCUT2D eigenvalue weighted by atomic mass is 10.2. The van der Waals surface area contributed by atoms with Gasteiger partial charge in [-0.2, -0.15) is 0 Å². The Morgan fingerprint density at radius 2 is 1.85 bits per heavy atom. The number of thioether (sulfide) groups is 1. The molecule has 0 saturated carbocycles. The van der Waals surface area contributed by atoms with Crippen LogP contribution < -0.4 is 0 Å². The van der Waals surface area contributed by atoms with Crippen LogP contribution in [0.3, 0.4) is 0 Å². The van der Waals surface area contributed by atoms with E-state index in [1.165, 1.54) is 0 Å². The molecule has 0 unspecified atom stereocenters. The van der Waals surface area contributed by atoms with E-state index in [1.54, 1.807) is 16.7 Å². The van der Waals surface area contributed by atoms with Gasteiger partial charge in [-0.15, -0.1) is 11.8 Å². The van der Waals surface area contributed by atoms with Gasteiger partial charge in [0, 0.05) is 37.0 Å². The van der Waals surface area contributed by atoms with Crippen molar-refractivity contribution < 1.29 is 9.59 Å². The van der Waals surface area contributed by atoms with E-state index in [0.717, 1.165) is 22.7 Å². The average Bonchev–Trinajstić information content (AvgIpc) is 2.49. The molecule has 1 fully saturated rings. The number of hydrogen-bond donors (Lipinski definition) is 0. The molecule has 20 heavy (non-hydrogen) atoms. The SMILES string of the molecule is O=CN1CCN(C(=O)CSCc2ccc(Cl)cc2)CC1. The molecule has 1 aliphatic heterocycles. The van der Waals surface area contributed by atoms with Crippen LogP contribution in [0, 0.1) is 0 Å². The minimum atomic E-state index is 0.148. The van der Waals surface area contributed by atoms with Crippen LogP contribution in [0.1, 0.15) is 5.56 Å². The van der Waals surface area contributed by atoms with Crippen LogP contribution in [0.25, 0.3) is 0 Å². The van der Waals surface area contributed by atoms with Gasteiger partial charge in [-0.25, -0.2) is 0 Å². The maximum Gasteiger partial charge on any atom is 0.232 e. The fraction of sp³-hybridized carbons (Fsp3) is 0.429. The van der Waals surface area contributed by atoms with Crippen molar-refractivity contribution in [3.05, 3.63) is 34.9 Å². The summed E-state index contributed by atoms with van der Waals surface area (Å²) in [5.41, 5.74) is 1.16. The third-order valence-electron chi connectivity index (χ3n) is 3.22. The van der Waals surface area contributed by atoms with Crippen molar-refractivity contribution in [1.29, 1.82) is 0 Å². The monoisotopic (exact) mass is 312 g/mol. The van der Waals surface area contributed by atoms with Gasteiger partial charge in [0.05, 0.1) is 5.75 Å². The molecule has 1 aromatic carbocycles. The Morgan fingerprint density at radius 1 is 1.20 bits per heavy atom. The molecular weight excluding hydrogens is 296 g/mol. The number of rotatable bonds is 5. The Kier molecular flexibility index (Phi) is 5.73. The lowest BCUT2D eigenvalue weighted by molar-refractivity contribution is -0.132. The molecule has 1 aliphatic rings. The number of nitrogens with zero attached hydrogens (tertiary/aromatic N) is 2. The number of benzene rings is 1. The summed E-state index contributed by atoms with van der Waals surface area (Å²) < 4.78 is 0. The second-order valence-electron chi connectivity index (χ2n) is 4.64. The molecule has 1 heterocycles. The van der Waals surface area contributed by atoms with Crippen LogP contribution >= 0.6 is 23.4 Å². The zero-order valence-corrected chi connectivity index (χ0v) is 12.7. The fourth-order valence-corrected chi connectivity index (χ4v) is 3.02. The maximum absolute atomic E-state index is 12.0. The predicted molar refractivity (Wildman–Crippen MR) is 81.8 cm³/mol. The first kappa shape index (κ1) is 15.2. The van der Waals surface area contributed by atoms with Crippen molar-refractivity contribution in [2.24, 2.45) is 0 Å². The first-order chi connectivity index (χ1) is 9.69. The number of piperazine rings is 1. The molecule has 108 valence electrons. The molecule has 1 saturated heterocycles. The summed E-state index contributed by atoms with van der Waals surface area (Å²) in [5.74, 6) is 1.43. The van der Waals surface area contributed by atoms with E-state index in [4.69, 9.17) is 11.6 Å². The Balaban J connectivity index is 1.70. The number of carbonyl (C=O) groups is 2. The zero-order chi connectivity index (χ0) is 14.4. The summed E-state index contributed by atoms with van der Waals surface area (Å²) in [6.45, 7) is 2.55. The van der Waals surface area contributed by atoms with Crippen LogP contribution in [0.15, 0.2) is 24.3 Å². The van der Waals surface area contributed by atoms with Crippen molar-refractivity contribution >= 4 is 35.7 Å². The van der Waals surface area contributed by atoms with Gasteiger partial charge in [0.1, 0.15) is 0 Å². The average molecular weight is 313 g/mol. The van der Waals surface area contributed by atoms with E-state index in [-0.39, 0.29) is 5.91 Å². The van der Waals surface area contributed by atoms with Crippen LogP contribution in [0.5, 0.6) is 0 Å². The highest BCUT2D eigenvalue weighted by Crippen LogP contribution is 2.16. The summed E-state index contributed by atoms with van der Waals surface area (Å²) in [4.78, 5) is 26.1. The van der Waals surface area contributed by atoms with E-state index in [9.17, 15) is 9.59 Å². The molecule has 0 bridgehead atoms. The molecule has 6 heteroatoms. The maximum atomic E-state index is 12.0. The van der Waals surface area contributed by atoms with Crippen molar-refractivity contribution in [1.82, 2.24) is 9.80 Å². The minimum absolute atomic E-state index is 0.148. The van der Waals surface area contributed by atoms with E-state index in [0.29, 0.717) is 31.9 Å². The van der Waals surface area contributed by atoms with Crippen LogP contribution in [-0.4, -0.2) is 54.0 Å². The molecular formula is C14H17ClN2O2S. The van der Waals surface area contributed by atoms with Gasteiger partial charge in [0.25, 0.3) is 0 Å². The van der Waals surface area contributed by atoms with Gasteiger partial charge in [-0.1, -0.05) is 23.7 Å². The highest BCUT2D eigenvalue weighted by atomic mass is 35.5. The Bertz CT molecular complexity index is 459. The summed E-state index contributed by atoms with van der Waals surface area (Å²) in [6.07, 6.45) is 0.844. The number of hydrogen-bond acceptors (Lipinski definition) is 3. The molecule has 4 nitrogen and oxygen atoms in total. The normalized spacial score (nSPS) is 15.2. The van der Waals surface area contributed by atoms with Gasteiger partial charge in [0.2, 0.25) is 12.3 Å². The Hall–Kier alpha value is -1.20. The summed E-state index contributed by atoms with van der Waals surface area (Å²) >= 11 is 7.43. The molecule has 0 atom stereocenters. The van der Waals surface area contributed by atoms with Crippen LogP contribution in [0.2, 0.25) is 5.02 Å². The van der Waals surface area contributed by atoms with E-state index >= 15 is 0 Å². The highest BCUT2D eigenvalue weighted by Gasteiger charge is 2.19. The van der Waals surface area contributed by atoms with E-state index in [1.807, 2.05) is 29.2 Å². The Labute approximate surface area is 128 Å². The molecule has 2 amide bonds. The number of halogens is 1. The molecule has 2 rings (SSSR count). The molecule has 1 aromatic rings. The molecule has 0 N–H and O–H groups in total. The second kappa shape index (κ2) is 7.55. The standard InChI is InChI=1S/C14H17ClN2O2S/c15-13-3-1-12(2-4-13)9-20-10-14(19)17-7-5-16(11-18)6-8-17/h1-4,11H,5-10H2. The number of carbonyl (C=O) groups excluding carboxylic acids is 2. The number of amides is 2. The summed E-state index contributed by atoms with van der Waals surface area (Å²) in [6, 6.07) is 7.67. The molecule has 0 aliphatic carbocycles. The second-order valence-corrected chi connectivity index (χ2v) is 6.06. The first-order valence-electron chi connectivity index (χ1n) is 6.48. The quantitative estimate of drug-likeness (QED) is 0.779. The zero-order valence-electron chi connectivity index (χ0n) is 11.1. The van der Waals surface area contributed by atoms with Crippen molar-refractivity contribution in [2.45, 2.75) is 5.75 Å². The third-order valence-corrected chi connectivity index (χ3v) is 4.46. The fourth-order valence-electron chi connectivity index (χ4n) is 2.00. The van der Waals surface area contributed by atoms with Crippen LogP contribution in [-0.2, 0) is 15.3 Å². The molecule has 0 radical (unpaired) electrons. The van der Waals surface area contributed by atoms with Gasteiger partial charge >= 0.3 is 0 Å². The summed E-state index contributed by atoms with van der Waals surface area (Å²) in [5, 5.41) is 0.725. The van der Waals surface area contributed by atoms with Crippen molar-refractivity contribution in [2.75, 3.05) is 31.9 Å². The van der Waals surface area contributed by atoms with Gasteiger partial charge in [0.15, 0.2) is 0 Å².